The Hall–Kier alpha value is -3.15. The van der Waals surface area contributed by atoms with Crippen LogP contribution in [0.5, 0.6) is 0 Å². The second-order valence-electron chi connectivity index (χ2n) is 9.19. The molecular weight excluding hydrogens is 474 g/mol. The predicted molar refractivity (Wildman–Crippen MR) is 144 cm³/mol. The van der Waals surface area contributed by atoms with Crippen molar-refractivity contribution < 1.29 is 4.79 Å². The van der Waals surface area contributed by atoms with Gasteiger partial charge in [0.05, 0.1) is 22.5 Å². The maximum Gasteiger partial charge on any atom is 0.241 e. The minimum atomic E-state index is 0.0723. The van der Waals surface area contributed by atoms with Crippen LogP contribution in [0.1, 0.15) is 29.4 Å². The minimum absolute atomic E-state index is 0.0723. The van der Waals surface area contributed by atoms with E-state index in [4.69, 9.17) is 21.6 Å². The molecule has 0 saturated heterocycles. The quantitative estimate of drug-likeness (QED) is 0.191. The normalized spacial score (nSPS) is 15.4. The molecule has 174 valence electrons. The molecule has 0 bridgehead atoms. The van der Waals surface area contributed by atoms with Gasteiger partial charge in [0.25, 0.3) is 0 Å². The van der Waals surface area contributed by atoms with Crippen molar-refractivity contribution in [3.63, 3.8) is 0 Å². The number of thioether (sulfide) groups is 1. The molecule has 2 heterocycles. The summed E-state index contributed by atoms with van der Waals surface area (Å²) >= 11 is 7.67. The molecule has 0 aliphatic heterocycles. The number of hydrogen-bond donors (Lipinski definition) is 0. The van der Waals surface area contributed by atoms with Gasteiger partial charge in [-0.3, -0.25) is 9.36 Å². The lowest BCUT2D eigenvalue weighted by Gasteiger charge is -2.20. The third kappa shape index (κ3) is 4.13. The van der Waals surface area contributed by atoms with Crippen molar-refractivity contribution in [2.24, 2.45) is 5.92 Å². The summed E-state index contributed by atoms with van der Waals surface area (Å²) in [5.74, 6) is 0.985. The van der Waals surface area contributed by atoms with Gasteiger partial charge in [0.1, 0.15) is 0 Å². The molecular formula is C29H24ClN3OS. The fourth-order valence-electron chi connectivity index (χ4n) is 5.12. The predicted octanol–water partition coefficient (Wildman–Crippen LogP) is 7.46. The van der Waals surface area contributed by atoms with Crippen LogP contribution in [0.2, 0.25) is 5.02 Å². The number of fused-ring (bicyclic) bond motifs is 4. The van der Waals surface area contributed by atoms with E-state index in [0.717, 1.165) is 46.9 Å². The van der Waals surface area contributed by atoms with Crippen molar-refractivity contribution in [3.8, 4) is 11.3 Å². The first-order chi connectivity index (χ1) is 17.1. The molecule has 6 heteroatoms. The molecule has 0 radical (unpaired) electrons. The van der Waals surface area contributed by atoms with E-state index in [1.54, 1.807) is 0 Å². The first-order valence-corrected chi connectivity index (χ1v) is 13.2. The summed E-state index contributed by atoms with van der Waals surface area (Å²) < 4.78 is 1.95. The summed E-state index contributed by atoms with van der Waals surface area (Å²) in [6, 6.07) is 24.0. The van der Waals surface area contributed by atoms with Crippen molar-refractivity contribution in [1.82, 2.24) is 14.5 Å². The van der Waals surface area contributed by atoms with Crippen LogP contribution in [0.4, 0.5) is 0 Å². The number of benzene rings is 3. The van der Waals surface area contributed by atoms with Gasteiger partial charge in [-0.1, -0.05) is 78.8 Å². The molecule has 1 aliphatic rings. The van der Waals surface area contributed by atoms with Gasteiger partial charge in [-0.2, -0.15) is 0 Å². The molecule has 1 atom stereocenters. The van der Waals surface area contributed by atoms with Gasteiger partial charge in [0, 0.05) is 27.1 Å². The van der Waals surface area contributed by atoms with Gasteiger partial charge in [0.15, 0.2) is 5.16 Å². The molecule has 0 amide bonds. The Morgan fingerprint density at radius 3 is 2.69 bits per heavy atom. The Bertz CT molecular complexity index is 1580. The zero-order valence-electron chi connectivity index (χ0n) is 19.4. The maximum atomic E-state index is 13.6. The second kappa shape index (κ2) is 9.14. The van der Waals surface area contributed by atoms with Gasteiger partial charge in [-0.05, 0) is 55.0 Å². The van der Waals surface area contributed by atoms with E-state index < -0.39 is 0 Å². The topological polar surface area (TPSA) is 47.8 Å². The highest BCUT2D eigenvalue weighted by Gasteiger charge is 2.26. The van der Waals surface area contributed by atoms with Crippen molar-refractivity contribution in [3.05, 3.63) is 89.1 Å². The highest BCUT2D eigenvalue weighted by Crippen LogP contribution is 2.35. The fraction of sp³-hybridized carbons (Fsp3) is 0.207. The van der Waals surface area contributed by atoms with E-state index in [-0.39, 0.29) is 11.7 Å². The molecule has 5 aromatic rings. The number of para-hydroxylation sites is 1. The SMILES string of the molecule is CC1CCc2c(c3ccccc3n2C(=O)CSc2nc(-c3ccccc3)c3cc(Cl)ccc3n2)C1. The van der Waals surface area contributed by atoms with Crippen molar-refractivity contribution in [1.29, 1.82) is 0 Å². The van der Waals surface area contributed by atoms with E-state index in [2.05, 4.69) is 25.1 Å². The van der Waals surface area contributed by atoms with Gasteiger partial charge in [-0.15, -0.1) is 0 Å². The van der Waals surface area contributed by atoms with Crippen LogP contribution < -0.4 is 0 Å². The first kappa shape index (κ1) is 22.3. The standard InChI is InChI=1S/C29H24ClN3OS/c1-18-11-14-26-22(15-18)21-9-5-6-10-25(21)33(26)27(34)17-35-29-31-24-13-12-20(30)16-23(24)28(32-29)19-7-3-2-4-8-19/h2-10,12-13,16,18H,11,14-15,17H2,1H3. The van der Waals surface area contributed by atoms with Crippen LogP contribution in [-0.4, -0.2) is 26.2 Å². The summed E-state index contributed by atoms with van der Waals surface area (Å²) in [5.41, 5.74) is 6.16. The summed E-state index contributed by atoms with van der Waals surface area (Å²) in [4.78, 5) is 23.2. The van der Waals surface area contributed by atoms with Gasteiger partial charge >= 0.3 is 0 Å². The number of aromatic nitrogens is 3. The lowest BCUT2D eigenvalue weighted by molar-refractivity contribution is 0.0943. The monoisotopic (exact) mass is 497 g/mol. The number of rotatable bonds is 4. The molecule has 35 heavy (non-hydrogen) atoms. The lowest BCUT2D eigenvalue weighted by atomic mass is 9.88. The lowest BCUT2D eigenvalue weighted by Crippen LogP contribution is -2.20. The molecule has 0 fully saturated rings. The zero-order valence-corrected chi connectivity index (χ0v) is 20.9. The Morgan fingerprint density at radius 2 is 1.83 bits per heavy atom. The van der Waals surface area contributed by atoms with Crippen molar-refractivity contribution in [2.75, 3.05) is 5.75 Å². The van der Waals surface area contributed by atoms with Gasteiger partial charge in [-0.25, -0.2) is 9.97 Å². The Balaban J connectivity index is 1.36. The third-order valence-corrected chi connectivity index (χ3v) is 7.84. The second-order valence-corrected chi connectivity index (χ2v) is 10.6. The molecule has 0 spiro atoms. The highest BCUT2D eigenvalue weighted by atomic mass is 35.5. The largest absolute Gasteiger partial charge is 0.283 e. The average molecular weight is 498 g/mol. The summed E-state index contributed by atoms with van der Waals surface area (Å²) in [5, 5.41) is 3.34. The fourth-order valence-corrected chi connectivity index (χ4v) is 5.99. The average Bonchev–Trinajstić information content (AvgIpc) is 3.21. The zero-order chi connectivity index (χ0) is 23.9. The van der Waals surface area contributed by atoms with E-state index in [9.17, 15) is 4.79 Å². The molecule has 1 aliphatic carbocycles. The van der Waals surface area contributed by atoms with Crippen LogP contribution in [-0.2, 0) is 12.8 Å². The van der Waals surface area contributed by atoms with Crippen molar-refractivity contribution >= 4 is 51.1 Å². The summed E-state index contributed by atoms with van der Waals surface area (Å²) in [6.45, 7) is 2.29. The van der Waals surface area contributed by atoms with Crippen LogP contribution >= 0.6 is 23.4 Å². The van der Waals surface area contributed by atoms with Gasteiger partial charge < -0.3 is 0 Å². The smallest absolute Gasteiger partial charge is 0.241 e. The van der Waals surface area contributed by atoms with Crippen molar-refractivity contribution in [2.45, 2.75) is 31.3 Å². The number of carbonyl (C=O) groups is 1. The number of hydrogen-bond acceptors (Lipinski definition) is 4. The number of halogens is 1. The van der Waals surface area contributed by atoms with Crippen LogP contribution in [0, 0.1) is 5.92 Å². The van der Waals surface area contributed by atoms with Crippen LogP contribution in [0.3, 0.4) is 0 Å². The number of nitrogens with zero attached hydrogens (tertiary/aromatic N) is 3. The van der Waals surface area contributed by atoms with Crippen LogP contribution in [0.15, 0.2) is 78.0 Å². The maximum absolute atomic E-state index is 13.6. The van der Waals surface area contributed by atoms with E-state index in [1.807, 2.05) is 59.2 Å². The molecule has 4 nitrogen and oxygen atoms in total. The molecule has 1 unspecified atom stereocenters. The Labute approximate surface area is 213 Å². The Morgan fingerprint density at radius 1 is 1.03 bits per heavy atom. The molecule has 0 saturated carbocycles. The third-order valence-electron chi connectivity index (χ3n) is 6.77. The van der Waals surface area contributed by atoms with E-state index in [0.29, 0.717) is 16.1 Å². The summed E-state index contributed by atoms with van der Waals surface area (Å²) in [6.07, 6.45) is 3.08. The first-order valence-electron chi connectivity index (χ1n) is 11.9. The minimum Gasteiger partial charge on any atom is -0.283 e. The molecule has 3 aromatic carbocycles. The van der Waals surface area contributed by atoms with E-state index >= 15 is 0 Å². The highest BCUT2D eigenvalue weighted by molar-refractivity contribution is 7.99. The van der Waals surface area contributed by atoms with E-state index in [1.165, 1.54) is 28.4 Å². The molecule has 2 aromatic heterocycles. The molecule has 0 N–H and O–H groups in total. The van der Waals surface area contributed by atoms with Gasteiger partial charge in [0.2, 0.25) is 5.91 Å². The summed E-state index contributed by atoms with van der Waals surface area (Å²) in [7, 11) is 0. The number of carbonyl (C=O) groups excluding carboxylic acids is 1. The molecule has 6 rings (SSSR count). The van der Waals surface area contributed by atoms with Crippen LogP contribution in [0.25, 0.3) is 33.1 Å². The Kier molecular flexibility index (Phi) is 5.83.